The van der Waals surface area contributed by atoms with E-state index in [0.717, 1.165) is 16.9 Å². The Kier molecular flexibility index (Phi) is 6.42. The molecular formula is C21H22ClNO4S. The van der Waals surface area contributed by atoms with Crippen LogP contribution in [0, 0.1) is 0 Å². The summed E-state index contributed by atoms with van der Waals surface area (Å²) in [6, 6.07) is 14.2. The van der Waals surface area contributed by atoms with E-state index in [1.54, 1.807) is 30.2 Å². The molecule has 0 saturated carbocycles. The van der Waals surface area contributed by atoms with Crippen molar-refractivity contribution in [1.82, 2.24) is 4.90 Å². The Balaban J connectivity index is 1.80. The van der Waals surface area contributed by atoms with Crippen molar-refractivity contribution in [3.8, 4) is 5.75 Å². The van der Waals surface area contributed by atoms with E-state index in [4.69, 9.17) is 16.3 Å². The fourth-order valence-corrected chi connectivity index (χ4v) is 5.03. The normalized spacial score (nSPS) is 18.3. The van der Waals surface area contributed by atoms with Crippen molar-refractivity contribution in [3.05, 3.63) is 70.8 Å². The predicted molar refractivity (Wildman–Crippen MR) is 111 cm³/mol. The molecule has 5 nitrogen and oxygen atoms in total. The van der Waals surface area contributed by atoms with Crippen LogP contribution in [0.5, 0.6) is 5.75 Å². The minimum Gasteiger partial charge on any atom is -0.497 e. The van der Waals surface area contributed by atoms with E-state index in [2.05, 4.69) is 0 Å². The van der Waals surface area contributed by atoms with Gasteiger partial charge in [0.15, 0.2) is 9.84 Å². The van der Waals surface area contributed by atoms with Crippen LogP contribution in [0.2, 0.25) is 5.02 Å². The molecule has 2 aromatic carbocycles. The Hall–Kier alpha value is -2.31. The number of nitrogens with zero attached hydrogens (tertiary/aromatic N) is 1. The third-order valence-corrected chi connectivity index (χ3v) is 6.73. The monoisotopic (exact) mass is 419 g/mol. The zero-order chi connectivity index (χ0) is 20.1. The van der Waals surface area contributed by atoms with Gasteiger partial charge >= 0.3 is 0 Å². The van der Waals surface area contributed by atoms with Crippen LogP contribution in [0.1, 0.15) is 17.5 Å². The minimum atomic E-state index is -3.10. The molecule has 0 spiro atoms. The highest BCUT2D eigenvalue weighted by atomic mass is 35.5. The molecule has 0 bridgehead atoms. The van der Waals surface area contributed by atoms with Crippen molar-refractivity contribution in [3.63, 3.8) is 0 Å². The maximum absolute atomic E-state index is 12.9. The molecule has 1 aliphatic rings. The van der Waals surface area contributed by atoms with Gasteiger partial charge in [-0.3, -0.25) is 4.79 Å². The highest BCUT2D eigenvalue weighted by Crippen LogP contribution is 2.22. The second kappa shape index (κ2) is 8.80. The Bertz CT molecular complexity index is 953. The number of halogens is 1. The van der Waals surface area contributed by atoms with Gasteiger partial charge in [-0.05, 0) is 47.9 Å². The first kappa shape index (κ1) is 20.4. The molecule has 1 heterocycles. The lowest BCUT2D eigenvalue weighted by Gasteiger charge is -2.27. The second-order valence-electron chi connectivity index (χ2n) is 6.76. The molecular weight excluding hydrogens is 398 g/mol. The van der Waals surface area contributed by atoms with Crippen LogP contribution in [-0.2, 0) is 21.2 Å². The second-order valence-corrected chi connectivity index (χ2v) is 9.42. The smallest absolute Gasteiger partial charge is 0.247 e. The van der Waals surface area contributed by atoms with Gasteiger partial charge in [0, 0.05) is 23.7 Å². The number of ether oxygens (including phenoxy) is 1. The van der Waals surface area contributed by atoms with Gasteiger partial charge in [0.1, 0.15) is 5.75 Å². The van der Waals surface area contributed by atoms with E-state index in [9.17, 15) is 13.2 Å². The Morgan fingerprint density at radius 2 is 1.86 bits per heavy atom. The first-order chi connectivity index (χ1) is 13.4. The van der Waals surface area contributed by atoms with Crippen LogP contribution >= 0.6 is 11.6 Å². The molecule has 1 atom stereocenters. The summed E-state index contributed by atoms with van der Waals surface area (Å²) in [7, 11) is -1.51. The molecule has 1 saturated heterocycles. The molecule has 2 aromatic rings. The summed E-state index contributed by atoms with van der Waals surface area (Å²) in [5, 5.41) is 0.626. The van der Waals surface area contributed by atoms with Crippen molar-refractivity contribution >= 4 is 33.4 Å². The van der Waals surface area contributed by atoms with Gasteiger partial charge in [-0.2, -0.15) is 0 Å². The molecule has 0 radical (unpaired) electrons. The molecule has 0 N–H and O–H groups in total. The van der Waals surface area contributed by atoms with Crippen molar-refractivity contribution in [2.45, 2.75) is 19.0 Å². The van der Waals surface area contributed by atoms with E-state index < -0.39 is 9.84 Å². The van der Waals surface area contributed by atoms with E-state index in [1.807, 2.05) is 36.4 Å². The number of carbonyl (C=O) groups excluding carboxylic acids is 1. The lowest BCUT2D eigenvalue weighted by atomic mass is 10.1. The molecule has 1 aliphatic heterocycles. The fraction of sp³-hybridized carbons (Fsp3) is 0.286. The SMILES string of the molecule is COc1ccc(CN(C(=O)C=Cc2ccc(Cl)cc2)C2CCS(=O)(=O)C2)cc1. The van der Waals surface area contributed by atoms with E-state index in [0.29, 0.717) is 18.0 Å². The third kappa shape index (κ3) is 5.36. The highest BCUT2D eigenvalue weighted by Gasteiger charge is 2.34. The van der Waals surface area contributed by atoms with Crippen LogP contribution in [0.3, 0.4) is 0 Å². The number of methoxy groups -OCH3 is 1. The zero-order valence-electron chi connectivity index (χ0n) is 15.5. The van der Waals surface area contributed by atoms with E-state index in [1.165, 1.54) is 6.08 Å². The number of rotatable bonds is 6. The summed E-state index contributed by atoms with van der Waals surface area (Å²) in [6.07, 6.45) is 3.65. The number of benzene rings is 2. The largest absolute Gasteiger partial charge is 0.497 e. The van der Waals surface area contributed by atoms with Gasteiger partial charge in [0.25, 0.3) is 0 Å². The molecule has 1 amide bonds. The van der Waals surface area contributed by atoms with Crippen LogP contribution in [0.25, 0.3) is 6.08 Å². The first-order valence-electron chi connectivity index (χ1n) is 8.94. The first-order valence-corrected chi connectivity index (χ1v) is 11.1. The summed E-state index contributed by atoms with van der Waals surface area (Å²) < 4.78 is 29.0. The van der Waals surface area contributed by atoms with Crippen LogP contribution in [0.4, 0.5) is 0 Å². The van der Waals surface area contributed by atoms with E-state index >= 15 is 0 Å². The summed E-state index contributed by atoms with van der Waals surface area (Å²) in [5.74, 6) is 0.634. The molecule has 7 heteroatoms. The average molecular weight is 420 g/mol. The van der Waals surface area contributed by atoms with Gasteiger partial charge in [0.2, 0.25) is 5.91 Å². The maximum Gasteiger partial charge on any atom is 0.247 e. The molecule has 1 fully saturated rings. The zero-order valence-corrected chi connectivity index (χ0v) is 17.1. The summed E-state index contributed by atoms with van der Waals surface area (Å²) in [5.41, 5.74) is 1.76. The number of hydrogen-bond acceptors (Lipinski definition) is 4. The Labute approximate surface area is 170 Å². The van der Waals surface area contributed by atoms with Gasteiger partial charge in [-0.15, -0.1) is 0 Å². The summed E-state index contributed by atoms with van der Waals surface area (Å²) in [6.45, 7) is 0.341. The van der Waals surface area contributed by atoms with Gasteiger partial charge in [0.05, 0.1) is 18.6 Å². The van der Waals surface area contributed by atoms with Crippen LogP contribution in [-0.4, -0.2) is 43.9 Å². The number of carbonyl (C=O) groups is 1. The maximum atomic E-state index is 12.9. The Morgan fingerprint density at radius 1 is 1.18 bits per heavy atom. The molecule has 0 aromatic heterocycles. The molecule has 148 valence electrons. The average Bonchev–Trinajstić information content (AvgIpc) is 3.05. The standard InChI is InChI=1S/C21H22ClNO4S/c1-27-20-9-4-17(5-10-20)14-23(19-12-13-28(25,26)15-19)21(24)11-6-16-2-7-18(22)8-3-16/h2-11,19H,12-15H2,1H3. The van der Waals surface area contributed by atoms with Crippen molar-refractivity contribution in [2.75, 3.05) is 18.6 Å². The quantitative estimate of drug-likeness (QED) is 0.671. The number of sulfone groups is 1. The minimum absolute atomic E-state index is 0.00365. The van der Waals surface area contributed by atoms with Gasteiger partial charge < -0.3 is 9.64 Å². The van der Waals surface area contributed by atoms with Crippen LogP contribution < -0.4 is 4.74 Å². The summed E-state index contributed by atoms with van der Waals surface area (Å²) in [4.78, 5) is 14.5. The fourth-order valence-electron chi connectivity index (χ4n) is 3.17. The third-order valence-electron chi connectivity index (χ3n) is 4.73. The molecule has 0 aliphatic carbocycles. The Morgan fingerprint density at radius 3 is 2.43 bits per heavy atom. The van der Waals surface area contributed by atoms with Gasteiger partial charge in [-0.25, -0.2) is 8.42 Å². The molecule has 28 heavy (non-hydrogen) atoms. The van der Waals surface area contributed by atoms with Crippen LogP contribution in [0.15, 0.2) is 54.6 Å². The van der Waals surface area contributed by atoms with Crippen molar-refractivity contribution in [1.29, 1.82) is 0 Å². The van der Waals surface area contributed by atoms with Crippen molar-refractivity contribution < 1.29 is 17.9 Å². The number of hydrogen-bond donors (Lipinski definition) is 0. The lowest BCUT2D eigenvalue weighted by Crippen LogP contribution is -2.39. The highest BCUT2D eigenvalue weighted by molar-refractivity contribution is 7.91. The van der Waals surface area contributed by atoms with Crippen molar-refractivity contribution in [2.24, 2.45) is 0 Å². The lowest BCUT2D eigenvalue weighted by molar-refractivity contribution is -0.128. The van der Waals surface area contributed by atoms with Gasteiger partial charge in [-0.1, -0.05) is 35.9 Å². The number of amides is 1. The molecule has 1 unspecified atom stereocenters. The topological polar surface area (TPSA) is 63.7 Å². The van der Waals surface area contributed by atoms with E-state index in [-0.39, 0.29) is 23.5 Å². The predicted octanol–water partition coefficient (Wildman–Crippen LogP) is 3.58. The summed E-state index contributed by atoms with van der Waals surface area (Å²) >= 11 is 5.88. The molecule has 3 rings (SSSR count).